The molecule has 0 spiro atoms. The molecule has 2 saturated carbocycles. The summed E-state index contributed by atoms with van der Waals surface area (Å²) in [7, 11) is 1.50. The highest BCUT2D eigenvalue weighted by atomic mass is 16.5. The highest BCUT2D eigenvalue weighted by molar-refractivity contribution is 5.77. The van der Waals surface area contributed by atoms with E-state index in [0.717, 1.165) is 31.1 Å². The SMILES string of the molecule is C1CC2CCC(C1)C2.CCCCCC/C=C/CCCCCCCCCC(=O)OCC(C(=O)O)c1ccccc1.CN. The van der Waals surface area contributed by atoms with Crippen LogP contribution in [0.4, 0.5) is 0 Å². The topological polar surface area (TPSA) is 89.6 Å². The molecule has 2 fully saturated rings. The molecule has 0 aromatic heterocycles. The van der Waals surface area contributed by atoms with Gasteiger partial charge in [-0.2, -0.15) is 0 Å². The lowest BCUT2D eigenvalue weighted by Crippen LogP contribution is -2.20. The van der Waals surface area contributed by atoms with Crippen LogP contribution in [-0.4, -0.2) is 30.7 Å². The van der Waals surface area contributed by atoms with Crippen molar-refractivity contribution in [2.75, 3.05) is 13.7 Å². The molecule has 41 heavy (non-hydrogen) atoms. The van der Waals surface area contributed by atoms with Crippen molar-refractivity contribution in [3.8, 4) is 0 Å². The van der Waals surface area contributed by atoms with Gasteiger partial charge in [0.1, 0.15) is 12.5 Å². The number of benzene rings is 1. The van der Waals surface area contributed by atoms with Crippen molar-refractivity contribution in [2.24, 2.45) is 17.6 Å². The molecular formula is C36H61NO4. The number of nitrogens with two attached hydrogens (primary N) is 1. The van der Waals surface area contributed by atoms with Gasteiger partial charge in [0, 0.05) is 6.42 Å². The maximum absolute atomic E-state index is 11.9. The van der Waals surface area contributed by atoms with E-state index in [-0.39, 0.29) is 12.6 Å². The predicted octanol–water partition coefficient (Wildman–Crippen LogP) is 9.60. The molecule has 5 heteroatoms. The normalized spacial score (nSPS) is 18.1. The second-order valence-electron chi connectivity index (χ2n) is 11.8. The number of esters is 1. The molecule has 5 nitrogen and oxygen atoms in total. The lowest BCUT2D eigenvalue weighted by Gasteiger charge is -2.16. The number of carbonyl (C=O) groups is 2. The summed E-state index contributed by atoms with van der Waals surface area (Å²) in [6.07, 6.45) is 30.1. The number of carbonyl (C=O) groups excluding carboxylic acids is 1. The summed E-state index contributed by atoms with van der Waals surface area (Å²) in [4.78, 5) is 23.3. The third-order valence-corrected chi connectivity index (χ3v) is 8.43. The number of rotatable bonds is 19. The zero-order chi connectivity index (χ0) is 30.0. The zero-order valence-electron chi connectivity index (χ0n) is 26.4. The van der Waals surface area contributed by atoms with Gasteiger partial charge >= 0.3 is 11.9 Å². The van der Waals surface area contributed by atoms with Crippen molar-refractivity contribution in [1.29, 1.82) is 0 Å². The summed E-state index contributed by atoms with van der Waals surface area (Å²) in [5.74, 6) is 0.244. The molecule has 3 N–H and O–H groups in total. The number of ether oxygens (including phenoxy) is 1. The lowest BCUT2D eigenvalue weighted by atomic mass is 9.89. The average molecular weight is 572 g/mol. The minimum Gasteiger partial charge on any atom is -0.481 e. The number of hydrogen-bond donors (Lipinski definition) is 2. The van der Waals surface area contributed by atoms with E-state index < -0.39 is 11.9 Å². The molecule has 3 unspecified atom stereocenters. The lowest BCUT2D eigenvalue weighted by molar-refractivity contribution is -0.148. The monoisotopic (exact) mass is 571 g/mol. The number of allylic oxidation sites excluding steroid dienone is 2. The van der Waals surface area contributed by atoms with Crippen molar-refractivity contribution < 1.29 is 19.4 Å². The molecular weight excluding hydrogens is 510 g/mol. The molecule has 0 radical (unpaired) electrons. The van der Waals surface area contributed by atoms with E-state index in [9.17, 15) is 14.7 Å². The number of fused-ring (bicyclic) bond motifs is 2. The summed E-state index contributed by atoms with van der Waals surface area (Å²) < 4.78 is 5.21. The molecule has 3 atom stereocenters. The Bertz CT molecular complexity index is 780. The standard InChI is InChI=1S/C27H42O4.C8H14.CH5N/c1-2-3-4-5-6-7-8-9-10-11-12-13-14-15-19-22-26(28)31-23-25(27(29)30)24-20-17-16-18-21-24;1-2-7-4-5-8(3-1)6-7;1-2/h7-8,16-18,20-21,25H,2-6,9-15,19,22-23H2,1H3,(H,29,30);7-8H,1-6H2;2H2,1H3/b8-7+;;. The highest BCUT2D eigenvalue weighted by Gasteiger charge is 2.27. The van der Waals surface area contributed by atoms with Crippen molar-refractivity contribution in [2.45, 2.75) is 141 Å². The van der Waals surface area contributed by atoms with Gasteiger partial charge in [-0.25, -0.2) is 0 Å². The van der Waals surface area contributed by atoms with E-state index in [1.165, 1.54) is 77.7 Å². The fourth-order valence-electron chi connectivity index (χ4n) is 5.98. The van der Waals surface area contributed by atoms with Crippen LogP contribution in [0.3, 0.4) is 0 Å². The second kappa shape index (κ2) is 25.6. The molecule has 1 aromatic carbocycles. The Morgan fingerprint density at radius 1 is 0.829 bits per heavy atom. The summed E-state index contributed by atoms with van der Waals surface area (Å²) >= 11 is 0. The van der Waals surface area contributed by atoms with Crippen LogP contribution in [0.1, 0.15) is 147 Å². The first kappa shape index (κ1) is 36.9. The van der Waals surface area contributed by atoms with Gasteiger partial charge in [0.2, 0.25) is 0 Å². The first-order chi connectivity index (χ1) is 20.1. The van der Waals surface area contributed by atoms with Crippen LogP contribution < -0.4 is 5.73 Å². The van der Waals surface area contributed by atoms with Gasteiger partial charge < -0.3 is 15.6 Å². The quantitative estimate of drug-likeness (QED) is 0.0980. The van der Waals surface area contributed by atoms with Gasteiger partial charge in [-0.15, -0.1) is 0 Å². The molecule has 0 heterocycles. The number of carboxylic acid groups (broad SMARTS) is 1. The minimum absolute atomic E-state index is 0.106. The number of unbranched alkanes of at least 4 members (excludes halogenated alkanes) is 11. The molecule has 0 saturated heterocycles. The first-order valence-corrected chi connectivity index (χ1v) is 16.8. The summed E-state index contributed by atoms with van der Waals surface area (Å²) in [6.45, 7) is 2.14. The van der Waals surface area contributed by atoms with Crippen LogP contribution in [0.5, 0.6) is 0 Å². The van der Waals surface area contributed by atoms with Crippen LogP contribution in [0.25, 0.3) is 0 Å². The average Bonchev–Trinajstić information content (AvgIpc) is 3.33. The van der Waals surface area contributed by atoms with Gasteiger partial charge in [0.15, 0.2) is 0 Å². The summed E-state index contributed by atoms with van der Waals surface area (Å²) in [5, 5.41) is 9.36. The molecule has 2 aliphatic carbocycles. The Morgan fingerprint density at radius 3 is 1.90 bits per heavy atom. The third kappa shape index (κ3) is 18.8. The highest BCUT2D eigenvalue weighted by Crippen LogP contribution is 2.41. The Kier molecular flexibility index (Phi) is 23.0. The smallest absolute Gasteiger partial charge is 0.314 e. The van der Waals surface area contributed by atoms with Crippen LogP contribution >= 0.6 is 0 Å². The van der Waals surface area contributed by atoms with Crippen LogP contribution in [0, 0.1) is 11.8 Å². The van der Waals surface area contributed by atoms with Gasteiger partial charge in [-0.05, 0) is 63.0 Å². The van der Waals surface area contributed by atoms with E-state index in [1.54, 1.807) is 56.4 Å². The fraction of sp³-hybridized carbons (Fsp3) is 0.722. The van der Waals surface area contributed by atoms with Crippen molar-refractivity contribution in [1.82, 2.24) is 0 Å². The van der Waals surface area contributed by atoms with Gasteiger partial charge in [-0.1, -0.05) is 133 Å². The van der Waals surface area contributed by atoms with Gasteiger partial charge in [-0.3, -0.25) is 9.59 Å². The van der Waals surface area contributed by atoms with Crippen molar-refractivity contribution in [3.63, 3.8) is 0 Å². The molecule has 1 aromatic rings. The van der Waals surface area contributed by atoms with Gasteiger partial charge in [0.05, 0.1) is 0 Å². The molecule has 2 bridgehead atoms. The van der Waals surface area contributed by atoms with Crippen LogP contribution in [0.2, 0.25) is 0 Å². The first-order valence-electron chi connectivity index (χ1n) is 16.8. The third-order valence-electron chi connectivity index (χ3n) is 8.43. The minimum atomic E-state index is -0.971. The Labute approximate surface area is 251 Å². The molecule has 0 amide bonds. The van der Waals surface area contributed by atoms with Crippen LogP contribution in [-0.2, 0) is 14.3 Å². The summed E-state index contributed by atoms with van der Waals surface area (Å²) in [6, 6.07) is 8.91. The molecule has 234 valence electrons. The Morgan fingerprint density at radius 2 is 1.37 bits per heavy atom. The van der Waals surface area contributed by atoms with E-state index >= 15 is 0 Å². The Balaban J connectivity index is 0.000000697. The zero-order valence-corrected chi connectivity index (χ0v) is 26.4. The van der Waals surface area contributed by atoms with E-state index in [2.05, 4.69) is 24.8 Å². The molecule has 3 rings (SSSR count). The number of hydrogen-bond acceptors (Lipinski definition) is 4. The molecule has 0 aliphatic heterocycles. The second-order valence-corrected chi connectivity index (χ2v) is 11.8. The largest absolute Gasteiger partial charge is 0.481 e. The fourth-order valence-corrected chi connectivity index (χ4v) is 5.98. The maximum Gasteiger partial charge on any atom is 0.314 e. The van der Waals surface area contributed by atoms with Crippen molar-refractivity contribution in [3.05, 3.63) is 48.0 Å². The predicted molar refractivity (Wildman–Crippen MR) is 172 cm³/mol. The maximum atomic E-state index is 11.9. The summed E-state index contributed by atoms with van der Waals surface area (Å²) in [5.41, 5.74) is 5.16. The number of aliphatic carboxylic acids is 1. The van der Waals surface area contributed by atoms with E-state index in [4.69, 9.17) is 4.74 Å². The Hall–Kier alpha value is -2.14. The molecule has 2 aliphatic rings. The van der Waals surface area contributed by atoms with E-state index in [0.29, 0.717) is 12.0 Å². The number of carboxylic acids is 1. The van der Waals surface area contributed by atoms with Crippen molar-refractivity contribution >= 4 is 11.9 Å². The van der Waals surface area contributed by atoms with E-state index in [1.807, 2.05) is 6.07 Å². The van der Waals surface area contributed by atoms with Gasteiger partial charge in [0.25, 0.3) is 0 Å². The van der Waals surface area contributed by atoms with Crippen LogP contribution in [0.15, 0.2) is 42.5 Å².